The van der Waals surface area contributed by atoms with E-state index in [1.807, 2.05) is 32.0 Å². The molecular weight excluding hydrogens is 488 g/mol. The number of aliphatic hydroxyl groups is 3. The van der Waals surface area contributed by atoms with Crippen LogP contribution in [-0.4, -0.2) is 68.5 Å². The van der Waals surface area contributed by atoms with Crippen molar-refractivity contribution in [3.63, 3.8) is 0 Å². The summed E-state index contributed by atoms with van der Waals surface area (Å²) in [4.78, 5) is 40.7. The molecule has 0 saturated heterocycles. The van der Waals surface area contributed by atoms with E-state index >= 15 is 0 Å². The van der Waals surface area contributed by atoms with Crippen LogP contribution in [-0.2, 0) is 20.8 Å². The number of phenols is 1. The number of hydrogen-bond acceptors (Lipinski definition) is 8. The molecule has 0 bridgehead atoms. The fourth-order valence-corrected chi connectivity index (χ4v) is 6.42. The Morgan fingerprint density at radius 2 is 1.74 bits per heavy atom. The summed E-state index contributed by atoms with van der Waals surface area (Å²) in [6.07, 6.45) is 0.291. The Balaban J connectivity index is 1.74. The van der Waals surface area contributed by atoms with E-state index in [0.717, 1.165) is 22.3 Å². The van der Waals surface area contributed by atoms with E-state index in [1.54, 1.807) is 20.2 Å². The normalized spacial score (nSPS) is 26.8. The number of aliphatic hydroxyl groups excluding tert-OH is 2. The zero-order chi connectivity index (χ0) is 27.8. The van der Waals surface area contributed by atoms with Gasteiger partial charge in [0, 0.05) is 11.5 Å². The smallest absolute Gasteiger partial charge is 0.255 e. The van der Waals surface area contributed by atoms with Crippen molar-refractivity contribution < 1.29 is 34.8 Å². The first-order chi connectivity index (χ1) is 17.8. The molecule has 38 heavy (non-hydrogen) atoms. The zero-order valence-electron chi connectivity index (χ0n) is 21.6. The molecule has 9 heteroatoms. The lowest BCUT2D eigenvalue weighted by atomic mass is 9.57. The van der Waals surface area contributed by atoms with E-state index in [2.05, 4.69) is 0 Å². The average molecular weight is 519 g/mol. The van der Waals surface area contributed by atoms with Crippen LogP contribution < -0.4 is 5.73 Å². The van der Waals surface area contributed by atoms with Crippen molar-refractivity contribution in [1.82, 2.24) is 4.90 Å². The quantitative estimate of drug-likeness (QED) is 0.387. The molecule has 4 unspecified atom stereocenters. The number of amides is 1. The number of carbonyl (C=O) groups is 3. The van der Waals surface area contributed by atoms with Gasteiger partial charge in [-0.1, -0.05) is 24.3 Å². The van der Waals surface area contributed by atoms with Gasteiger partial charge >= 0.3 is 0 Å². The minimum absolute atomic E-state index is 0.0494. The predicted molar refractivity (Wildman–Crippen MR) is 139 cm³/mol. The lowest BCUT2D eigenvalue weighted by Gasteiger charge is -2.50. The number of phenolic OH excluding ortho intramolecular Hbond substituents is 1. The Morgan fingerprint density at radius 1 is 1.05 bits per heavy atom. The Bertz CT molecular complexity index is 1500. The van der Waals surface area contributed by atoms with E-state index < -0.39 is 58.0 Å². The third kappa shape index (κ3) is 3.35. The third-order valence-electron chi connectivity index (χ3n) is 8.42. The number of nitrogens with zero attached hydrogens (tertiary/aromatic N) is 1. The standard InChI is InChI=1S/C29H30N2O7/c1-12-5-6-14(9-13(12)2)16-7-8-19(32)21-17(16)10-15-11-18-23(31(3)4)25(34)22(28(30)37)27(36)29(18,38)26(35)20(15)24(21)33/h5-9,15,18,23,32-33,36,38H,10-11H2,1-4H3,(H2,30,37). The summed E-state index contributed by atoms with van der Waals surface area (Å²) in [5.41, 5.74) is 6.28. The SMILES string of the molecule is Cc1ccc(-c2ccc(O)c3c2CC2CC4C(N(C)C)C(=O)C(C(N)=O)=C(O)C4(O)C(=O)C2=C3O)cc1C. The van der Waals surface area contributed by atoms with Crippen LogP contribution in [0.5, 0.6) is 5.75 Å². The number of nitrogens with two attached hydrogens (primary N) is 1. The van der Waals surface area contributed by atoms with Crippen LogP contribution in [0.2, 0.25) is 0 Å². The highest BCUT2D eigenvalue weighted by molar-refractivity contribution is 6.24. The number of ketones is 2. The molecule has 1 saturated carbocycles. The van der Waals surface area contributed by atoms with Crippen molar-refractivity contribution in [3.8, 4) is 16.9 Å². The number of aryl methyl sites for hydroxylation is 2. The molecular formula is C29H30N2O7. The van der Waals surface area contributed by atoms with Crippen molar-refractivity contribution in [3.05, 3.63) is 69.5 Å². The molecule has 0 radical (unpaired) electrons. The van der Waals surface area contributed by atoms with Gasteiger partial charge in [0.25, 0.3) is 5.91 Å². The summed E-state index contributed by atoms with van der Waals surface area (Å²) in [7, 11) is 3.15. The number of hydrogen-bond donors (Lipinski definition) is 5. The lowest BCUT2D eigenvalue weighted by Crippen LogP contribution is -2.65. The van der Waals surface area contributed by atoms with Gasteiger partial charge < -0.3 is 26.2 Å². The fraction of sp³-hybridized carbons (Fsp3) is 0.345. The molecule has 5 rings (SSSR count). The van der Waals surface area contributed by atoms with Crippen molar-refractivity contribution in [1.29, 1.82) is 0 Å². The predicted octanol–water partition coefficient (Wildman–Crippen LogP) is 2.25. The first-order valence-corrected chi connectivity index (χ1v) is 12.4. The van der Waals surface area contributed by atoms with E-state index in [9.17, 15) is 34.8 Å². The summed E-state index contributed by atoms with van der Waals surface area (Å²) in [6, 6.07) is 8.04. The molecule has 1 amide bonds. The van der Waals surface area contributed by atoms with Gasteiger partial charge in [0.15, 0.2) is 11.4 Å². The highest BCUT2D eigenvalue weighted by Gasteiger charge is 2.64. The number of carbonyl (C=O) groups excluding carboxylic acids is 3. The molecule has 3 aliphatic rings. The van der Waals surface area contributed by atoms with E-state index in [1.165, 1.54) is 11.0 Å². The first kappa shape index (κ1) is 25.7. The van der Waals surface area contributed by atoms with Gasteiger partial charge in [0.2, 0.25) is 5.78 Å². The van der Waals surface area contributed by atoms with E-state index in [-0.39, 0.29) is 29.7 Å². The minimum atomic E-state index is -2.65. The monoisotopic (exact) mass is 518 g/mol. The molecule has 4 atom stereocenters. The highest BCUT2D eigenvalue weighted by atomic mass is 16.3. The minimum Gasteiger partial charge on any atom is -0.508 e. The second-order valence-corrected chi connectivity index (χ2v) is 10.7. The number of fused-ring (bicyclic) bond motifs is 3. The molecule has 1 fully saturated rings. The molecule has 0 aliphatic heterocycles. The van der Waals surface area contributed by atoms with Crippen LogP contribution in [0.1, 0.15) is 28.7 Å². The molecule has 198 valence electrons. The van der Waals surface area contributed by atoms with Crippen LogP contribution in [0.3, 0.4) is 0 Å². The fourth-order valence-electron chi connectivity index (χ4n) is 6.42. The van der Waals surface area contributed by atoms with E-state index in [0.29, 0.717) is 5.56 Å². The number of Topliss-reactive ketones (excluding diaryl/α,β-unsaturated/α-hetero) is 2. The average Bonchev–Trinajstić information content (AvgIpc) is 2.83. The molecule has 0 spiro atoms. The summed E-state index contributed by atoms with van der Waals surface area (Å²) >= 11 is 0. The largest absolute Gasteiger partial charge is 0.508 e. The van der Waals surface area contributed by atoms with Crippen molar-refractivity contribution in [2.24, 2.45) is 17.6 Å². The van der Waals surface area contributed by atoms with Crippen LogP contribution in [0.15, 0.2) is 47.2 Å². The molecule has 6 N–H and O–H groups in total. The number of primary amides is 1. The third-order valence-corrected chi connectivity index (χ3v) is 8.42. The summed E-state index contributed by atoms with van der Waals surface area (Å²) in [5.74, 6) is -6.61. The Hall–Kier alpha value is -3.95. The number of benzene rings is 2. The van der Waals surface area contributed by atoms with Crippen molar-refractivity contribution >= 4 is 23.2 Å². The Kier molecular flexibility index (Phi) is 5.77. The zero-order valence-corrected chi connectivity index (χ0v) is 21.6. The maximum absolute atomic E-state index is 13.9. The van der Waals surface area contributed by atoms with Crippen LogP contribution in [0.4, 0.5) is 0 Å². The highest BCUT2D eigenvalue weighted by Crippen LogP contribution is 2.53. The summed E-state index contributed by atoms with van der Waals surface area (Å²) in [5, 5.41) is 44.8. The van der Waals surface area contributed by atoms with Crippen LogP contribution >= 0.6 is 0 Å². The topological polar surface area (TPSA) is 161 Å². The molecule has 0 aromatic heterocycles. The van der Waals surface area contributed by atoms with Crippen LogP contribution in [0.25, 0.3) is 16.9 Å². The van der Waals surface area contributed by atoms with Gasteiger partial charge in [-0.2, -0.15) is 0 Å². The van der Waals surface area contributed by atoms with Crippen molar-refractivity contribution in [2.75, 3.05) is 14.1 Å². The van der Waals surface area contributed by atoms with Crippen LogP contribution in [0, 0.1) is 25.7 Å². The van der Waals surface area contributed by atoms with Crippen molar-refractivity contribution in [2.45, 2.75) is 38.3 Å². The molecule has 9 nitrogen and oxygen atoms in total. The molecule has 2 aromatic rings. The maximum Gasteiger partial charge on any atom is 0.255 e. The molecule has 0 heterocycles. The Morgan fingerprint density at radius 3 is 2.34 bits per heavy atom. The lowest BCUT2D eigenvalue weighted by molar-refractivity contribution is -0.153. The van der Waals surface area contributed by atoms with Gasteiger partial charge in [0.05, 0.1) is 11.6 Å². The molecule has 3 aliphatic carbocycles. The second kappa shape index (κ2) is 8.54. The van der Waals surface area contributed by atoms with Gasteiger partial charge in [-0.25, -0.2) is 0 Å². The summed E-state index contributed by atoms with van der Waals surface area (Å²) < 4.78 is 0. The Labute approximate surface area is 219 Å². The van der Waals surface area contributed by atoms with Gasteiger partial charge in [0.1, 0.15) is 22.8 Å². The van der Waals surface area contributed by atoms with Gasteiger partial charge in [-0.3, -0.25) is 19.3 Å². The van der Waals surface area contributed by atoms with Gasteiger partial charge in [-0.05, 0) is 80.6 Å². The molecule has 2 aromatic carbocycles. The summed E-state index contributed by atoms with van der Waals surface area (Å²) in [6.45, 7) is 3.99. The number of aromatic hydroxyl groups is 1. The van der Waals surface area contributed by atoms with Gasteiger partial charge in [-0.15, -0.1) is 0 Å². The number of likely N-dealkylation sites (N-methyl/N-ethyl adjacent to an activating group) is 1. The number of rotatable bonds is 3. The van der Waals surface area contributed by atoms with E-state index in [4.69, 9.17) is 5.73 Å². The first-order valence-electron chi connectivity index (χ1n) is 12.4. The second-order valence-electron chi connectivity index (χ2n) is 10.7. The maximum atomic E-state index is 13.9.